The number of fused-ring (bicyclic) bond motifs is 3. The zero-order valence-corrected chi connectivity index (χ0v) is 18.3. The van der Waals surface area contributed by atoms with E-state index in [0.717, 1.165) is 32.9 Å². The zero-order valence-electron chi connectivity index (χ0n) is 18.3. The minimum absolute atomic E-state index is 0.0329. The number of carbonyl (C=O) groups excluding carboxylic acids is 1. The number of amides is 1. The summed E-state index contributed by atoms with van der Waals surface area (Å²) in [6, 6.07) is 23.0. The fraction of sp³-hybridized carbons (Fsp3) is 0.0385. The summed E-state index contributed by atoms with van der Waals surface area (Å²) in [6.07, 6.45) is 3.15. The van der Waals surface area contributed by atoms with Gasteiger partial charge in [0.25, 0.3) is 11.6 Å². The molecule has 5 rings (SSSR count). The highest BCUT2D eigenvalue weighted by Crippen LogP contribution is 2.25. The van der Waals surface area contributed by atoms with Crippen LogP contribution in [0.2, 0.25) is 0 Å². The summed E-state index contributed by atoms with van der Waals surface area (Å²) in [7, 11) is 0. The molecule has 5 aromatic rings. The van der Waals surface area contributed by atoms with Crippen LogP contribution >= 0.6 is 0 Å². The van der Waals surface area contributed by atoms with Gasteiger partial charge < -0.3 is 9.72 Å². The summed E-state index contributed by atoms with van der Waals surface area (Å²) in [4.78, 5) is 30.4. The number of carbonyl (C=O) groups is 1. The number of non-ortho nitro benzene ring substituents is 1. The second kappa shape index (κ2) is 9.44. The molecule has 9 nitrogen and oxygen atoms in total. The van der Waals surface area contributed by atoms with Gasteiger partial charge in [-0.1, -0.05) is 30.3 Å². The molecule has 35 heavy (non-hydrogen) atoms. The lowest BCUT2D eigenvalue weighted by molar-refractivity contribution is -0.384. The SMILES string of the molecule is O=C(N/N=C/c1cccc(OCc2ccc([N+](=O)[O-])cc2)c1)c1cc2c(cn1)[nH]c1ccccc12. The van der Waals surface area contributed by atoms with Crippen molar-refractivity contribution in [3.63, 3.8) is 0 Å². The minimum atomic E-state index is -0.442. The molecule has 9 heteroatoms. The molecule has 2 N–H and O–H groups in total. The lowest BCUT2D eigenvalue weighted by atomic mass is 10.1. The van der Waals surface area contributed by atoms with Gasteiger partial charge in [0.1, 0.15) is 18.1 Å². The van der Waals surface area contributed by atoms with Crippen LogP contribution < -0.4 is 10.2 Å². The van der Waals surface area contributed by atoms with Crippen LogP contribution in [0.1, 0.15) is 21.6 Å². The van der Waals surface area contributed by atoms with Gasteiger partial charge in [0, 0.05) is 28.4 Å². The van der Waals surface area contributed by atoms with Gasteiger partial charge in [-0.05, 0) is 47.5 Å². The van der Waals surface area contributed by atoms with E-state index in [1.807, 2.05) is 30.3 Å². The van der Waals surface area contributed by atoms with Crippen molar-refractivity contribution in [3.8, 4) is 5.75 Å². The van der Waals surface area contributed by atoms with Crippen molar-refractivity contribution in [2.24, 2.45) is 5.10 Å². The number of nitrogens with zero attached hydrogens (tertiary/aromatic N) is 3. The number of aromatic nitrogens is 2. The summed E-state index contributed by atoms with van der Waals surface area (Å²) in [5, 5.41) is 16.7. The summed E-state index contributed by atoms with van der Waals surface area (Å²) in [5.74, 6) is 0.184. The first-order valence-corrected chi connectivity index (χ1v) is 10.7. The van der Waals surface area contributed by atoms with Crippen molar-refractivity contribution < 1.29 is 14.5 Å². The number of ether oxygens (including phenoxy) is 1. The number of nitro benzene ring substituents is 1. The van der Waals surface area contributed by atoms with Crippen molar-refractivity contribution in [2.75, 3.05) is 0 Å². The predicted octanol–water partition coefficient (Wildman–Crippen LogP) is 4.97. The number of pyridine rings is 1. The van der Waals surface area contributed by atoms with Gasteiger partial charge in [-0.3, -0.25) is 14.9 Å². The Bertz CT molecular complexity index is 1570. The number of nitro groups is 1. The molecule has 172 valence electrons. The normalized spacial score (nSPS) is 11.2. The molecule has 0 saturated carbocycles. The van der Waals surface area contributed by atoms with E-state index in [9.17, 15) is 14.9 Å². The molecular weight excluding hydrogens is 446 g/mol. The number of hydrogen-bond donors (Lipinski definition) is 2. The standard InChI is InChI=1S/C26H19N5O4/c32-26(24-13-22-21-6-1-2-7-23(21)29-25(22)15-27-24)30-28-14-18-4-3-5-20(12-18)35-16-17-8-10-19(11-9-17)31(33)34/h1-15,29H,16H2,(H,30,32)/b28-14+. The van der Waals surface area contributed by atoms with Crippen LogP contribution in [-0.2, 0) is 6.61 Å². The van der Waals surface area contributed by atoms with Gasteiger partial charge in [0.15, 0.2) is 0 Å². The third-order valence-electron chi connectivity index (χ3n) is 5.41. The minimum Gasteiger partial charge on any atom is -0.489 e. The molecule has 2 aromatic heterocycles. The largest absolute Gasteiger partial charge is 0.489 e. The molecule has 0 bridgehead atoms. The quantitative estimate of drug-likeness (QED) is 0.200. The monoisotopic (exact) mass is 465 g/mol. The Hall–Kier alpha value is -5.05. The number of para-hydroxylation sites is 1. The van der Waals surface area contributed by atoms with E-state index in [4.69, 9.17) is 4.74 Å². The molecule has 0 unspecified atom stereocenters. The number of hydrazone groups is 1. The Morgan fingerprint density at radius 3 is 2.69 bits per heavy atom. The molecule has 0 radical (unpaired) electrons. The Kier molecular flexibility index (Phi) is 5.87. The number of nitrogens with one attached hydrogen (secondary N) is 2. The maximum absolute atomic E-state index is 12.6. The van der Waals surface area contributed by atoms with Crippen LogP contribution in [0.25, 0.3) is 21.8 Å². The van der Waals surface area contributed by atoms with Gasteiger partial charge >= 0.3 is 0 Å². The van der Waals surface area contributed by atoms with Gasteiger partial charge in [-0.15, -0.1) is 0 Å². The second-order valence-corrected chi connectivity index (χ2v) is 7.77. The molecule has 3 aromatic carbocycles. The predicted molar refractivity (Wildman–Crippen MR) is 133 cm³/mol. The molecule has 0 saturated heterocycles. The van der Waals surface area contributed by atoms with E-state index in [2.05, 4.69) is 20.5 Å². The highest BCUT2D eigenvalue weighted by Gasteiger charge is 2.10. The third-order valence-corrected chi connectivity index (χ3v) is 5.41. The number of benzene rings is 3. The van der Waals surface area contributed by atoms with Crippen LogP contribution in [0.5, 0.6) is 5.75 Å². The van der Waals surface area contributed by atoms with Crippen LogP contribution in [0.4, 0.5) is 5.69 Å². The van der Waals surface area contributed by atoms with Crippen LogP contribution in [-0.4, -0.2) is 27.0 Å². The fourth-order valence-electron chi connectivity index (χ4n) is 3.66. The maximum Gasteiger partial charge on any atom is 0.289 e. The molecule has 0 spiro atoms. The fourth-order valence-corrected chi connectivity index (χ4v) is 3.66. The van der Waals surface area contributed by atoms with E-state index >= 15 is 0 Å². The molecule has 0 aliphatic rings. The summed E-state index contributed by atoms with van der Waals surface area (Å²) < 4.78 is 5.77. The Morgan fingerprint density at radius 1 is 1.03 bits per heavy atom. The lowest BCUT2D eigenvalue weighted by Gasteiger charge is -2.07. The number of rotatable bonds is 7. The van der Waals surface area contributed by atoms with Crippen LogP contribution in [0.3, 0.4) is 0 Å². The van der Waals surface area contributed by atoms with Crippen molar-refractivity contribution in [1.82, 2.24) is 15.4 Å². The average Bonchev–Trinajstić information content (AvgIpc) is 3.26. The first kappa shape index (κ1) is 21.8. The highest BCUT2D eigenvalue weighted by molar-refractivity contribution is 6.09. The van der Waals surface area contributed by atoms with Gasteiger partial charge in [-0.2, -0.15) is 5.10 Å². The molecule has 2 heterocycles. The molecular formula is C26H19N5O4. The molecule has 0 fully saturated rings. The first-order chi connectivity index (χ1) is 17.1. The third kappa shape index (κ3) is 4.83. The highest BCUT2D eigenvalue weighted by atomic mass is 16.6. The smallest absolute Gasteiger partial charge is 0.289 e. The van der Waals surface area contributed by atoms with Gasteiger partial charge in [0.2, 0.25) is 0 Å². The Labute approximate surface area is 199 Å². The zero-order chi connectivity index (χ0) is 24.2. The summed E-state index contributed by atoms with van der Waals surface area (Å²) >= 11 is 0. The number of H-pyrrole nitrogens is 1. The van der Waals surface area contributed by atoms with Gasteiger partial charge in [-0.25, -0.2) is 10.4 Å². The summed E-state index contributed by atoms with van der Waals surface area (Å²) in [6.45, 7) is 0.261. The molecule has 0 aliphatic carbocycles. The number of aromatic amines is 1. The van der Waals surface area contributed by atoms with Crippen molar-refractivity contribution >= 4 is 39.6 Å². The van der Waals surface area contributed by atoms with Crippen LogP contribution in [0.15, 0.2) is 90.2 Å². The Morgan fingerprint density at radius 2 is 1.86 bits per heavy atom. The Balaban J connectivity index is 1.22. The second-order valence-electron chi connectivity index (χ2n) is 7.77. The van der Waals surface area contributed by atoms with E-state index in [1.165, 1.54) is 18.3 Å². The van der Waals surface area contributed by atoms with Crippen molar-refractivity contribution in [2.45, 2.75) is 6.61 Å². The summed E-state index contributed by atoms with van der Waals surface area (Å²) in [5.41, 5.74) is 6.18. The first-order valence-electron chi connectivity index (χ1n) is 10.7. The maximum atomic E-state index is 12.6. The van der Waals surface area contributed by atoms with E-state index in [0.29, 0.717) is 5.75 Å². The van der Waals surface area contributed by atoms with E-state index < -0.39 is 10.8 Å². The topological polar surface area (TPSA) is 123 Å². The van der Waals surface area contributed by atoms with E-state index in [-0.39, 0.29) is 18.0 Å². The molecule has 0 aliphatic heterocycles. The van der Waals surface area contributed by atoms with Crippen molar-refractivity contribution in [3.05, 3.63) is 112 Å². The van der Waals surface area contributed by atoms with Crippen LogP contribution in [0, 0.1) is 10.1 Å². The van der Waals surface area contributed by atoms with E-state index in [1.54, 1.807) is 42.6 Å². The molecule has 1 amide bonds. The van der Waals surface area contributed by atoms with Crippen molar-refractivity contribution in [1.29, 1.82) is 0 Å². The average molecular weight is 465 g/mol. The lowest BCUT2D eigenvalue weighted by Crippen LogP contribution is -2.18. The van der Waals surface area contributed by atoms with Gasteiger partial charge in [0.05, 0.1) is 22.9 Å². The number of hydrogen-bond acceptors (Lipinski definition) is 6. The molecule has 0 atom stereocenters.